The van der Waals surface area contributed by atoms with E-state index in [0.29, 0.717) is 19.6 Å². The summed E-state index contributed by atoms with van der Waals surface area (Å²) < 4.78 is 0. The van der Waals surface area contributed by atoms with Crippen molar-refractivity contribution in [3.05, 3.63) is 35.4 Å². The molecule has 24 heavy (non-hydrogen) atoms. The maximum atomic E-state index is 12.3. The minimum absolute atomic E-state index is 0.0580. The molecule has 1 aromatic carbocycles. The summed E-state index contributed by atoms with van der Waals surface area (Å²) in [7, 11) is 0. The molecule has 2 amide bonds. The van der Waals surface area contributed by atoms with Gasteiger partial charge in [-0.05, 0) is 30.4 Å². The van der Waals surface area contributed by atoms with E-state index in [1.807, 2.05) is 4.90 Å². The van der Waals surface area contributed by atoms with Gasteiger partial charge in [0.05, 0.1) is 0 Å². The van der Waals surface area contributed by atoms with Crippen molar-refractivity contribution in [1.82, 2.24) is 15.1 Å². The fraction of sp³-hybridized carbons (Fsp3) is 0.579. The van der Waals surface area contributed by atoms with Gasteiger partial charge in [0.15, 0.2) is 0 Å². The normalized spacial score (nSPS) is 19.0. The first-order chi connectivity index (χ1) is 11.6. The number of nitrogens with zero attached hydrogens (tertiary/aromatic N) is 2. The molecule has 2 aliphatic rings. The number of carbonyl (C=O) groups excluding carboxylic acids is 2. The van der Waals surface area contributed by atoms with Gasteiger partial charge in [-0.15, -0.1) is 0 Å². The van der Waals surface area contributed by atoms with Gasteiger partial charge >= 0.3 is 0 Å². The molecule has 3 rings (SSSR count). The Morgan fingerprint density at radius 2 is 1.83 bits per heavy atom. The second-order valence-corrected chi connectivity index (χ2v) is 6.87. The largest absolute Gasteiger partial charge is 0.355 e. The fourth-order valence-electron chi connectivity index (χ4n) is 3.68. The summed E-state index contributed by atoms with van der Waals surface area (Å²) in [5, 5.41) is 3.08. The van der Waals surface area contributed by atoms with Gasteiger partial charge in [-0.25, -0.2) is 0 Å². The van der Waals surface area contributed by atoms with Gasteiger partial charge in [-0.2, -0.15) is 0 Å². The van der Waals surface area contributed by atoms with Crippen LogP contribution in [0.5, 0.6) is 0 Å². The topological polar surface area (TPSA) is 52.7 Å². The van der Waals surface area contributed by atoms with Crippen molar-refractivity contribution in [3.63, 3.8) is 0 Å². The van der Waals surface area contributed by atoms with Crippen molar-refractivity contribution in [2.45, 2.75) is 32.7 Å². The lowest BCUT2D eigenvalue weighted by molar-refractivity contribution is -0.133. The molecule has 0 saturated carbocycles. The van der Waals surface area contributed by atoms with Crippen molar-refractivity contribution in [3.8, 4) is 0 Å². The van der Waals surface area contributed by atoms with Crippen LogP contribution in [0.2, 0.25) is 0 Å². The summed E-state index contributed by atoms with van der Waals surface area (Å²) in [6.07, 6.45) is 2.65. The van der Waals surface area contributed by atoms with E-state index in [-0.39, 0.29) is 17.7 Å². The summed E-state index contributed by atoms with van der Waals surface area (Å²) in [6, 6.07) is 8.61. The Morgan fingerprint density at radius 1 is 1.12 bits per heavy atom. The summed E-state index contributed by atoms with van der Waals surface area (Å²) >= 11 is 0. The van der Waals surface area contributed by atoms with Crippen molar-refractivity contribution in [2.24, 2.45) is 5.92 Å². The number of carbonyl (C=O) groups is 2. The Morgan fingerprint density at radius 3 is 2.54 bits per heavy atom. The highest BCUT2D eigenvalue weighted by molar-refractivity contribution is 5.79. The molecule has 0 aromatic heterocycles. The van der Waals surface area contributed by atoms with E-state index in [1.165, 1.54) is 11.1 Å². The smallest absolute Gasteiger partial charge is 0.223 e. The Labute approximate surface area is 144 Å². The molecule has 1 saturated heterocycles. The molecule has 0 bridgehead atoms. The lowest BCUT2D eigenvalue weighted by atomic mass is 9.96. The number of amides is 2. The van der Waals surface area contributed by atoms with Gasteiger partial charge in [0.2, 0.25) is 11.8 Å². The molecule has 2 aliphatic heterocycles. The predicted octanol–water partition coefficient (Wildman–Crippen LogP) is 1.42. The third kappa shape index (κ3) is 4.15. The first kappa shape index (κ1) is 17.0. The van der Waals surface area contributed by atoms with E-state index in [2.05, 4.69) is 34.5 Å². The molecule has 1 fully saturated rings. The zero-order chi connectivity index (χ0) is 16.9. The van der Waals surface area contributed by atoms with Gasteiger partial charge in [-0.3, -0.25) is 14.5 Å². The SMILES string of the molecule is CC(=O)N1CCC(C(=O)NCCN2CCc3ccccc3C2)CC1. The van der Waals surface area contributed by atoms with Crippen LogP contribution in [0.4, 0.5) is 0 Å². The second-order valence-electron chi connectivity index (χ2n) is 6.87. The molecule has 5 heteroatoms. The predicted molar refractivity (Wildman–Crippen MR) is 93.4 cm³/mol. The molecule has 130 valence electrons. The number of hydrogen-bond donors (Lipinski definition) is 1. The van der Waals surface area contributed by atoms with Gasteiger partial charge in [0, 0.05) is 52.1 Å². The highest BCUT2D eigenvalue weighted by atomic mass is 16.2. The lowest BCUT2D eigenvalue weighted by Crippen LogP contribution is -2.44. The van der Waals surface area contributed by atoms with Crippen LogP contribution in [-0.2, 0) is 22.6 Å². The lowest BCUT2D eigenvalue weighted by Gasteiger charge is -2.31. The van der Waals surface area contributed by atoms with E-state index in [1.54, 1.807) is 6.92 Å². The van der Waals surface area contributed by atoms with Gasteiger partial charge < -0.3 is 10.2 Å². The molecule has 0 atom stereocenters. The first-order valence-corrected chi connectivity index (χ1v) is 8.96. The molecule has 0 unspecified atom stereocenters. The summed E-state index contributed by atoms with van der Waals surface area (Å²) in [6.45, 7) is 6.64. The fourth-order valence-corrected chi connectivity index (χ4v) is 3.68. The summed E-state index contributed by atoms with van der Waals surface area (Å²) in [5.74, 6) is 0.317. The number of benzene rings is 1. The Hall–Kier alpha value is -1.88. The standard InChI is InChI=1S/C19H27N3O2/c1-15(23)22-11-7-17(8-12-22)19(24)20-9-13-21-10-6-16-4-2-3-5-18(16)14-21/h2-5,17H,6-14H2,1H3,(H,20,24). The van der Waals surface area contributed by atoms with Crippen molar-refractivity contribution >= 4 is 11.8 Å². The van der Waals surface area contributed by atoms with Crippen LogP contribution in [0, 0.1) is 5.92 Å². The number of rotatable bonds is 4. The van der Waals surface area contributed by atoms with Crippen molar-refractivity contribution in [1.29, 1.82) is 0 Å². The molecule has 0 spiro atoms. The number of piperidine rings is 1. The number of likely N-dealkylation sites (tertiary alicyclic amines) is 1. The van der Waals surface area contributed by atoms with E-state index in [0.717, 1.165) is 38.9 Å². The molecule has 1 aromatic rings. The maximum absolute atomic E-state index is 12.3. The second kappa shape index (κ2) is 7.79. The minimum Gasteiger partial charge on any atom is -0.355 e. The van der Waals surface area contributed by atoms with Crippen molar-refractivity contribution in [2.75, 3.05) is 32.7 Å². The highest BCUT2D eigenvalue weighted by Gasteiger charge is 2.25. The highest BCUT2D eigenvalue weighted by Crippen LogP contribution is 2.19. The van der Waals surface area contributed by atoms with E-state index >= 15 is 0 Å². The molecular weight excluding hydrogens is 302 g/mol. The zero-order valence-corrected chi connectivity index (χ0v) is 14.5. The molecule has 1 N–H and O–H groups in total. The van der Waals surface area contributed by atoms with Crippen LogP contribution < -0.4 is 5.32 Å². The zero-order valence-electron chi connectivity index (χ0n) is 14.5. The summed E-state index contributed by atoms with van der Waals surface area (Å²) in [5.41, 5.74) is 2.86. The maximum Gasteiger partial charge on any atom is 0.223 e. The Kier molecular flexibility index (Phi) is 5.51. The van der Waals surface area contributed by atoms with Gasteiger partial charge in [-0.1, -0.05) is 24.3 Å². The van der Waals surface area contributed by atoms with Crippen LogP contribution in [0.3, 0.4) is 0 Å². The van der Waals surface area contributed by atoms with E-state index in [4.69, 9.17) is 0 Å². The van der Waals surface area contributed by atoms with Crippen molar-refractivity contribution < 1.29 is 9.59 Å². The van der Waals surface area contributed by atoms with Crippen LogP contribution in [0.1, 0.15) is 30.9 Å². The number of hydrogen-bond acceptors (Lipinski definition) is 3. The number of nitrogens with one attached hydrogen (secondary N) is 1. The van der Waals surface area contributed by atoms with Crippen LogP contribution in [0.25, 0.3) is 0 Å². The third-order valence-electron chi connectivity index (χ3n) is 5.25. The van der Waals surface area contributed by atoms with Crippen LogP contribution in [-0.4, -0.2) is 54.3 Å². The Balaban J connectivity index is 1.38. The molecule has 0 aliphatic carbocycles. The van der Waals surface area contributed by atoms with Crippen LogP contribution in [0.15, 0.2) is 24.3 Å². The molecule has 5 nitrogen and oxygen atoms in total. The monoisotopic (exact) mass is 329 g/mol. The van der Waals surface area contributed by atoms with E-state index in [9.17, 15) is 9.59 Å². The number of fused-ring (bicyclic) bond motifs is 1. The van der Waals surface area contributed by atoms with Gasteiger partial charge in [0.1, 0.15) is 0 Å². The average molecular weight is 329 g/mol. The molecule has 2 heterocycles. The minimum atomic E-state index is 0.0580. The van der Waals surface area contributed by atoms with E-state index < -0.39 is 0 Å². The first-order valence-electron chi connectivity index (χ1n) is 8.96. The third-order valence-corrected chi connectivity index (χ3v) is 5.25. The van der Waals surface area contributed by atoms with Gasteiger partial charge in [0.25, 0.3) is 0 Å². The average Bonchev–Trinajstić information content (AvgIpc) is 2.61. The molecular formula is C19H27N3O2. The quantitative estimate of drug-likeness (QED) is 0.909. The Bertz CT molecular complexity index is 594. The molecule has 0 radical (unpaired) electrons. The summed E-state index contributed by atoms with van der Waals surface area (Å²) in [4.78, 5) is 27.8. The van der Waals surface area contributed by atoms with Crippen LogP contribution >= 0.6 is 0 Å².